The standard InChI is InChI=1S/C13H26O2P/c1-3-5-7-8-9-10-11-13-16(14)15-12-6-4-2/h7-8H,3-6,9-13H2,1-2H3/q+1. The van der Waals surface area contributed by atoms with Gasteiger partial charge in [-0.15, -0.1) is 4.52 Å². The molecule has 0 amide bonds. The molecule has 0 aliphatic carbocycles. The van der Waals surface area contributed by atoms with Crippen molar-refractivity contribution in [3.8, 4) is 0 Å². The van der Waals surface area contributed by atoms with E-state index in [1.807, 2.05) is 0 Å². The van der Waals surface area contributed by atoms with Gasteiger partial charge in [0.25, 0.3) is 0 Å². The second-order valence-electron chi connectivity index (χ2n) is 4.00. The van der Waals surface area contributed by atoms with Crippen molar-refractivity contribution in [2.75, 3.05) is 12.8 Å². The molecule has 0 bridgehead atoms. The molecular weight excluding hydrogens is 219 g/mol. The highest BCUT2D eigenvalue weighted by Crippen LogP contribution is 2.24. The molecule has 16 heavy (non-hydrogen) atoms. The van der Waals surface area contributed by atoms with E-state index in [1.165, 1.54) is 12.8 Å². The average molecular weight is 245 g/mol. The molecule has 0 saturated carbocycles. The number of hydrogen-bond acceptors (Lipinski definition) is 2. The van der Waals surface area contributed by atoms with Gasteiger partial charge < -0.3 is 0 Å². The molecule has 0 rings (SSSR count). The lowest BCUT2D eigenvalue weighted by molar-refractivity contribution is 0.320. The van der Waals surface area contributed by atoms with Crippen molar-refractivity contribution >= 4 is 8.03 Å². The number of rotatable bonds is 11. The van der Waals surface area contributed by atoms with Crippen LogP contribution in [-0.4, -0.2) is 12.8 Å². The highest BCUT2D eigenvalue weighted by Gasteiger charge is 2.15. The van der Waals surface area contributed by atoms with Crippen LogP contribution < -0.4 is 0 Å². The SMILES string of the molecule is CCCC=CCCCC[P+](=O)OCCCC. The minimum absolute atomic E-state index is 0.655. The van der Waals surface area contributed by atoms with E-state index < -0.39 is 8.03 Å². The zero-order valence-electron chi connectivity index (χ0n) is 10.8. The normalized spacial score (nSPS) is 12.2. The van der Waals surface area contributed by atoms with Gasteiger partial charge in [0.2, 0.25) is 0 Å². The van der Waals surface area contributed by atoms with Crippen LogP contribution in [0.1, 0.15) is 58.8 Å². The molecule has 0 aromatic carbocycles. The van der Waals surface area contributed by atoms with Gasteiger partial charge in [0.15, 0.2) is 6.16 Å². The highest BCUT2D eigenvalue weighted by molar-refractivity contribution is 7.39. The molecule has 1 atom stereocenters. The smallest absolute Gasteiger partial charge is 0.146 e. The Bertz CT molecular complexity index is 190. The Hall–Kier alpha value is -0.200. The van der Waals surface area contributed by atoms with Gasteiger partial charge in [-0.25, -0.2) is 0 Å². The van der Waals surface area contributed by atoms with E-state index in [2.05, 4.69) is 26.0 Å². The van der Waals surface area contributed by atoms with Crippen molar-refractivity contribution < 1.29 is 9.09 Å². The Labute approximate surface area is 101 Å². The van der Waals surface area contributed by atoms with Crippen LogP contribution in [0.4, 0.5) is 0 Å². The maximum atomic E-state index is 11.4. The molecule has 3 heteroatoms. The minimum Gasteiger partial charge on any atom is -0.146 e. The van der Waals surface area contributed by atoms with Crippen LogP contribution in [0.5, 0.6) is 0 Å². The molecule has 0 heterocycles. The van der Waals surface area contributed by atoms with Gasteiger partial charge in [0.1, 0.15) is 6.61 Å². The first-order chi connectivity index (χ1) is 7.81. The van der Waals surface area contributed by atoms with Crippen molar-refractivity contribution in [2.24, 2.45) is 0 Å². The third kappa shape index (κ3) is 11.9. The number of allylic oxidation sites excluding steroid dienone is 2. The molecule has 2 nitrogen and oxygen atoms in total. The zero-order valence-corrected chi connectivity index (χ0v) is 11.7. The molecule has 0 saturated heterocycles. The topological polar surface area (TPSA) is 26.3 Å². The third-order valence-electron chi connectivity index (χ3n) is 2.32. The van der Waals surface area contributed by atoms with Gasteiger partial charge in [0.05, 0.1) is 0 Å². The predicted octanol–water partition coefficient (Wildman–Crippen LogP) is 5.07. The summed E-state index contributed by atoms with van der Waals surface area (Å²) in [6.45, 7) is 4.95. The average Bonchev–Trinajstić information content (AvgIpc) is 2.28. The summed E-state index contributed by atoms with van der Waals surface area (Å²) >= 11 is 0. The van der Waals surface area contributed by atoms with Gasteiger partial charge in [0, 0.05) is 0 Å². The Morgan fingerprint density at radius 2 is 1.75 bits per heavy atom. The van der Waals surface area contributed by atoms with Crippen molar-refractivity contribution in [2.45, 2.75) is 58.8 Å². The van der Waals surface area contributed by atoms with E-state index >= 15 is 0 Å². The summed E-state index contributed by atoms with van der Waals surface area (Å²) in [5, 5.41) is 0. The molecule has 0 radical (unpaired) electrons. The molecule has 1 unspecified atom stereocenters. The lowest BCUT2D eigenvalue weighted by atomic mass is 10.2. The molecular formula is C13H26O2P+. The maximum absolute atomic E-state index is 11.4. The van der Waals surface area contributed by atoms with E-state index in [0.717, 1.165) is 38.3 Å². The first-order valence-electron chi connectivity index (χ1n) is 6.53. The fourth-order valence-electron chi connectivity index (χ4n) is 1.28. The molecule has 0 N–H and O–H groups in total. The molecule has 0 aromatic heterocycles. The molecule has 0 fully saturated rings. The van der Waals surface area contributed by atoms with Crippen LogP contribution >= 0.6 is 8.03 Å². The molecule has 0 spiro atoms. The summed E-state index contributed by atoms with van der Waals surface area (Å²) in [5.74, 6) is 0. The van der Waals surface area contributed by atoms with Crippen LogP contribution in [0.25, 0.3) is 0 Å². The first kappa shape index (κ1) is 15.8. The number of unbranched alkanes of at least 4 members (excludes halogenated alkanes) is 4. The molecule has 0 aliphatic rings. The zero-order chi connectivity index (χ0) is 12.1. The Morgan fingerprint density at radius 1 is 1.00 bits per heavy atom. The van der Waals surface area contributed by atoms with E-state index in [0.29, 0.717) is 6.61 Å². The van der Waals surface area contributed by atoms with Crippen LogP contribution in [-0.2, 0) is 9.09 Å². The fraction of sp³-hybridized carbons (Fsp3) is 0.846. The van der Waals surface area contributed by atoms with Gasteiger partial charge in [-0.3, -0.25) is 0 Å². The summed E-state index contributed by atoms with van der Waals surface area (Å²) in [6, 6.07) is 0. The second-order valence-corrected chi connectivity index (χ2v) is 5.37. The lowest BCUT2D eigenvalue weighted by Gasteiger charge is -1.92. The van der Waals surface area contributed by atoms with Crippen LogP contribution in [0.15, 0.2) is 12.2 Å². The second kappa shape index (κ2) is 12.9. The van der Waals surface area contributed by atoms with Gasteiger partial charge in [-0.1, -0.05) is 38.8 Å². The van der Waals surface area contributed by atoms with Crippen molar-refractivity contribution in [3.63, 3.8) is 0 Å². The minimum atomic E-state index is -1.39. The quantitative estimate of drug-likeness (QED) is 0.288. The van der Waals surface area contributed by atoms with Crippen LogP contribution in [0.2, 0.25) is 0 Å². The van der Waals surface area contributed by atoms with Crippen molar-refractivity contribution in [1.82, 2.24) is 0 Å². The van der Waals surface area contributed by atoms with Crippen LogP contribution in [0.3, 0.4) is 0 Å². The monoisotopic (exact) mass is 245 g/mol. The number of hydrogen-bond donors (Lipinski definition) is 0. The first-order valence-corrected chi connectivity index (χ1v) is 7.90. The van der Waals surface area contributed by atoms with E-state index in [4.69, 9.17) is 4.52 Å². The van der Waals surface area contributed by atoms with E-state index in [9.17, 15) is 4.57 Å². The lowest BCUT2D eigenvalue weighted by Crippen LogP contribution is -1.88. The summed E-state index contributed by atoms with van der Waals surface area (Å²) in [7, 11) is -1.39. The largest absolute Gasteiger partial charge is 0.508 e. The third-order valence-corrected chi connectivity index (χ3v) is 3.47. The summed E-state index contributed by atoms with van der Waals surface area (Å²) in [6.07, 6.45) is 12.9. The predicted molar refractivity (Wildman–Crippen MR) is 71.2 cm³/mol. The van der Waals surface area contributed by atoms with E-state index in [-0.39, 0.29) is 0 Å². The summed E-state index contributed by atoms with van der Waals surface area (Å²) < 4.78 is 16.6. The summed E-state index contributed by atoms with van der Waals surface area (Å²) in [5.41, 5.74) is 0. The van der Waals surface area contributed by atoms with E-state index in [1.54, 1.807) is 0 Å². The molecule has 0 aromatic rings. The molecule has 0 aliphatic heterocycles. The highest BCUT2D eigenvalue weighted by atomic mass is 31.1. The maximum Gasteiger partial charge on any atom is 0.508 e. The Morgan fingerprint density at radius 3 is 2.44 bits per heavy atom. The molecule has 94 valence electrons. The van der Waals surface area contributed by atoms with Gasteiger partial charge in [-0.2, -0.15) is 0 Å². The Kier molecular flexibility index (Phi) is 12.7. The fourth-order valence-corrected chi connectivity index (χ4v) is 2.22. The van der Waals surface area contributed by atoms with Crippen molar-refractivity contribution in [3.05, 3.63) is 12.2 Å². The van der Waals surface area contributed by atoms with Crippen LogP contribution in [0, 0.1) is 0 Å². The van der Waals surface area contributed by atoms with Crippen molar-refractivity contribution in [1.29, 1.82) is 0 Å². The Balaban J connectivity index is 3.21. The summed E-state index contributed by atoms with van der Waals surface area (Å²) in [4.78, 5) is 0. The van der Waals surface area contributed by atoms with Gasteiger partial charge in [-0.05, 0) is 36.7 Å². The van der Waals surface area contributed by atoms with Gasteiger partial charge >= 0.3 is 8.03 Å².